The molecule has 0 saturated carbocycles. The molecule has 0 bridgehead atoms. The van der Waals surface area contributed by atoms with Crippen LogP contribution in [-0.4, -0.2) is 22.9 Å². The Kier molecular flexibility index (Phi) is 4.48. The van der Waals surface area contributed by atoms with Gasteiger partial charge in [-0.25, -0.2) is 0 Å². The van der Waals surface area contributed by atoms with Crippen LogP contribution in [0.15, 0.2) is 47.8 Å². The zero-order chi connectivity index (χ0) is 18.1. The number of carbonyl (C=O) groups is 1. The summed E-state index contributed by atoms with van der Waals surface area (Å²) in [5.74, 6) is 0.507. The molecule has 0 atom stereocenters. The quantitative estimate of drug-likeness (QED) is 0.464. The van der Waals surface area contributed by atoms with E-state index in [1.807, 2.05) is 46.5 Å². The standard InChI is InChI=1S/C19H16N2O3S2/c1-12(22)24-17-10-15-19(26-17)18(16-4-3-9-25-16)20-21(15)11-13-5-7-14(23-2)8-6-13/h3-10H,11H2,1-2H3. The number of benzene rings is 1. The Hall–Kier alpha value is -2.64. The van der Waals surface area contributed by atoms with Gasteiger partial charge >= 0.3 is 5.97 Å². The molecule has 0 aliphatic heterocycles. The van der Waals surface area contributed by atoms with Gasteiger partial charge < -0.3 is 9.47 Å². The van der Waals surface area contributed by atoms with Gasteiger partial charge in [-0.15, -0.1) is 11.3 Å². The molecule has 4 aromatic rings. The summed E-state index contributed by atoms with van der Waals surface area (Å²) in [6, 6.07) is 13.9. The third-order valence-corrected chi connectivity index (χ3v) is 5.78. The average molecular weight is 384 g/mol. The van der Waals surface area contributed by atoms with Gasteiger partial charge in [-0.05, 0) is 29.1 Å². The van der Waals surface area contributed by atoms with Gasteiger partial charge in [0.05, 0.1) is 28.7 Å². The van der Waals surface area contributed by atoms with Crippen molar-refractivity contribution >= 4 is 38.9 Å². The van der Waals surface area contributed by atoms with Crippen molar-refractivity contribution in [3.05, 3.63) is 53.4 Å². The lowest BCUT2D eigenvalue weighted by molar-refractivity contribution is -0.131. The molecule has 0 radical (unpaired) electrons. The molecule has 26 heavy (non-hydrogen) atoms. The number of carbonyl (C=O) groups excluding carboxylic acids is 1. The van der Waals surface area contributed by atoms with Gasteiger partial charge in [0.15, 0.2) is 5.06 Å². The second-order valence-electron chi connectivity index (χ2n) is 5.71. The molecular formula is C19H16N2O3S2. The van der Waals surface area contributed by atoms with Crippen LogP contribution in [0.1, 0.15) is 12.5 Å². The largest absolute Gasteiger partial charge is 0.497 e. The minimum atomic E-state index is -0.318. The van der Waals surface area contributed by atoms with Crippen LogP contribution in [0.4, 0.5) is 0 Å². The molecule has 4 rings (SSSR count). The number of hydrogen-bond donors (Lipinski definition) is 0. The first-order valence-electron chi connectivity index (χ1n) is 7.99. The van der Waals surface area contributed by atoms with E-state index in [-0.39, 0.29) is 5.97 Å². The Balaban J connectivity index is 1.77. The lowest BCUT2D eigenvalue weighted by Gasteiger charge is -2.05. The van der Waals surface area contributed by atoms with E-state index in [0.29, 0.717) is 11.6 Å². The van der Waals surface area contributed by atoms with Gasteiger partial charge in [0.2, 0.25) is 0 Å². The molecule has 5 nitrogen and oxygen atoms in total. The fraction of sp³-hybridized carbons (Fsp3) is 0.158. The van der Waals surface area contributed by atoms with Crippen LogP contribution < -0.4 is 9.47 Å². The number of hydrogen-bond acceptors (Lipinski definition) is 6. The molecule has 0 N–H and O–H groups in total. The minimum absolute atomic E-state index is 0.318. The summed E-state index contributed by atoms with van der Waals surface area (Å²) in [5.41, 5.74) is 3.01. The maximum absolute atomic E-state index is 11.3. The molecular weight excluding hydrogens is 368 g/mol. The predicted octanol–water partition coefficient (Wildman–Crippen LogP) is 4.81. The van der Waals surface area contributed by atoms with E-state index in [0.717, 1.165) is 32.1 Å². The van der Waals surface area contributed by atoms with Crippen LogP contribution in [0.25, 0.3) is 20.8 Å². The Bertz CT molecular complexity index is 1050. The molecule has 0 aliphatic carbocycles. The maximum atomic E-state index is 11.3. The maximum Gasteiger partial charge on any atom is 0.308 e. The van der Waals surface area contributed by atoms with Crippen LogP contribution in [0.3, 0.4) is 0 Å². The van der Waals surface area contributed by atoms with E-state index in [1.54, 1.807) is 18.4 Å². The SMILES string of the molecule is COc1ccc(Cn2nc(-c3cccs3)c3sc(OC(C)=O)cc32)cc1. The highest BCUT2D eigenvalue weighted by atomic mass is 32.1. The van der Waals surface area contributed by atoms with Crippen molar-refractivity contribution in [2.45, 2.75) is 13.5 Å². The van der Waals surface area contributed by atoms with Crippen molar-refractivity contribution in [1.82, 2.24) is 9.78 Å². The first-order valence-corrected chi connectivity index (χ1v) is 9.69. The van der Waals surface area contributed by atoms with Gasteiger partial charge in [0.25, 0.3) is 0 Å². The number of rotatable bonds is 5. The van der Waals surface area contributed by atoms with Crippen molar-refractivity contribution in [1.29, 1.82) is 0 Å². The van der Waals surface area contributed by atoms with Crippen LogP contribution in [0, 0.1) is 0 Å². The van der Waals surface area contributed by atoms with Crippen LogP contribution in [0.2, 0.25) is 0 Å². The van der Waals surface area contributed by atoms with Gasteiger partial charge in [-0.2, -0.15) is 5.10 Å². The van der Waals surface area contributed by atoms with Crippen molar-refractivity contribution in [3.63, 3.8) is 0 Å². The van der Waals surface area contributed by atoms with E-state index in [9.17, 15) is 4.79 Å². The molecule has 0 spiro atoms. The topological polar surface area (TPSA) is 53.4 Å². The van der Waals surface area contributed by atoms with Crippen molar-refractivity contribution in [2.24, 2.45) is 0 Å². The predicted molar refractivity (Wildman–Crippen MR) is 104 cm³/mol. The third kappa shape index (κ3) is 3.23. The number of nitrogens with zero attached hydrogens (tertiary/aromatic N) is 2. The first-order chi connectivity index (χ1) is 12.6. The van der Waals surface area contributed by atoms with Crippen molar-refractivity contribution in [3.8, 4) is 21.4 Å². The summed E-state index contributed by atoms with van der Waals surface area (Å²) >= 11 is 3.09. The molecule has 3 aromatic heterocycles. The number of aromatic nitrogens is 2. The first kappa shape index (κ1) is 16.8. The normalized spacial score (nSPS) is 11.0. The molecule has 0 saturated heterocycles. The number of ether oxygens (including phenoxy) is 2. The number of esters is 1. The molecule has 7 heteroatoms. The fourth-order valence-corrected chi connectivity index (χ4v) is 4.56. The smallest absolute Gasteiger partial charge is 0.308 e. The number of fused-ring (bicyclic) bond motifs is 1. The zero-order valence-electron chi connectivity index (χ0n) is 14.3. The summed E-state index contributed by atoms with van der Waals surface area (Å²) in [6.45, 7) is 2.04. The van der Waals surface area contributed by atoms with E-state index in [2.05, 4.69) is 6.07 Å². The minimum Gasteiger partial charge on any atom is -0.497 e. The van der Waals surface area contributed by atoms with Gasteiger partial charge in [0, 0.05) is 13.0 Å². The Morgan fingerprint density at radius 2 is 2.04 bits per heavy atom. The average Bonchev–Trinajstić information content (AvgIpc) is 3.33. The van der Waals surface area contributed by atoms with Crippen LogP contribution in [-0.2, 0) is 11.3 Å². The van der Waals surface area contributed by atoms with Gasteiger partial charge in [-0.3, -0.25) is 9.48 Å². The molecule has 0 amide bonds. The Morgan fingerprint density at radius 1 is 1.23 bits per heavy atom. The second kappa shape index (κ2) is 6.93. The molecule has 3 heterocycles. The van der Waals surface area contributed by atoms with Crippen molar-refractivity contribution in [2.75, 3.05) is 7.11 Å². The summed E-state index contributed by atoms with van der Waals surface area (Å²) in [4.78, 5) is 12.4. The van der Waals surface area contributed by atoms with E-state index in [4.69, 9.17) is 14.6 Å². The van der Waals surface area contributed by atoms with Gasteiger partial charge in [-0.1, -0.05) is 29.5 Å². The summed E-state index contributed by atoms with van der Waals surface area (Å²) in [6.07, 6.45) is 0. The Labute approximate surface area is 158 Å². The second-order valence-corrected chi connectivity index (χ2v) is 7.67. The fourth-order valence-electron chi connectivity index (χ4n) is 2.73. The highest BCUT2D eigenvalue weighted by molar-refractivity contribution is 7.22. The molecule has 0 fully saturated rings. The Morgan fingerprint density at radius 3 is 2.69 bits per heavy atom. The van der Waals surface area contributed by atoms with Crippen LogP contribution >= 0.6 is 22.7 Å². The highest BCUT2D eigenvalue weighted by Gasteiger charge is 2.18. The lowest BCUT2D eigenvalue weighted by atomic mass is 10.2. The van der Waals surface area contributed by atoms with E-state index < -0.39 is 0 Å². The molecule has 132 valence electrons. The zero-order valence-corrected chi connectivity index (χ0v) is 15.9. The monoisotopic (exact) mass is 384 g/mol. The van der Waals surface area contributed by atoms with Crippen LogP contribution in [0.5, 0.6) is 10.8 Å². The summed E-state index contributed by atoms with van der Waals surface area (Å²) in [7, 11) is 1.65. The molecule has 1 aromatic carbocycles. The lowest BCUT2D eigenvalue weighted by Crippen LogP contribution is -2.02. The number of methoxy groups -OCH3 is 1. The number of thiophene rings is 2. The third-order valence-electron chi connectivity index (χ3n) is 3.89. The molecule has 0 aliphatic rings. The van der Waals surface area contributed by atoms with E-state index >= 15 is 0 Å². The highest BCUT2D eigenvalue weighted by Crippen LogP contribution is 2.40. The summed E-state index contributed by atoms with van der Waals surface area (Å²) in [5, 5.41) is 7.44. The summed E-state index contributed by atoms with van der Waals surface area (Å²) < 4.78 is 13.5. The molecule has 0 unspecified atom stereocenters. The van der Waals surface area contributed by atoms with Gasteiger partial charge in [0.1, 0.15) is 11.4 Å². The van der Waals surface area contributed by atoms with E-state index in [1.165, 1.54) is 18.3 Å². The van der Waals surface area contributed by atoms with Crippen molar-refractivity contribution < 1.29 is 14.3 Å².